The average molecular weight is 300 g/mol. The lowest BCUT2D eigenvalue weighted by Gasteiger charge is -2.24. The van der Waals surface area contributed by atoms with Crippen LogP contribution in [-0.2, 0) is 0 Å². The Kier molecular flexibility index (Phi) is 5.11. The summed E-state index contributed by atoms with van der Waals surface area (Å²) in [5.41, 5.74) is 0. The summed E-state index contributed by atoms with van der Waals surface area (Å²) in [6, 6.07) is 4.98. The SMILES string of the molecule is CC(NC1CCCCCCC1)c1ccc(Br)o1. The van der Waals surface area contributed by atoms with Gasteiger partial charge in [0.1, 0.15) is 5.76 Å². The molecular weight excluding hydrogens is 278 g/mol. The van der Waals surface area contributed by atoms with Crippen LogP contribution in [-0.4, -0.2) is 6.04 Å². The molecule has 3 heteroatoms. The molecule has 1 fully saturated rings. The van der Waals surface area contributed by atoms with Crippen LogP contribution in [0.25, 0.3) is 0 Å². The standard InChI is InChI=1S/C14H22BrNO/c1-11(13-9-10-14(15)17-13)16-12-7-5-3-2-4-6-8-12/h9-12,16H,2-8H2,1H3. The van der Waals surface area contributed by atoms with E-state index in [2.05, 4.69) is 28.2 Å². The minimum atomic E-state index is 0.311. The van der Waals surface area contributed by atoms with E-state index in [1.54, 1.807) is 0 Å². The van der Waals surface area contributed by atoms with E-state index in [4.69, 9.17) is 4.42 Å². The van der Waals surface area contributed by atoms with Crippen LogP contribution in [0.15, 0.2) is 21.2 Å². The fraction of sp³-hybridized carbons (Fsp3) is 0.714. The summed E-state index contributed by atoms with van der Waals surface area (Å²) in [5.74, 6) is 1.03. The summed E-state index contributed by atoms with van der Waals surface area (Å²) in [5, 5.41) is 3.70. The van der Waals surface area contributed by atoms with Gasteiger partial charge in [-0.05, 0) is 47.8 Å². The van der Waals surface area contributed by atoms with Crippen LogP contribution < -0.4 is 5.32 Å². The predicted molar refractivity (Wildman–Crippen MR) is 74.1 cm³/mol. The Balaban J connectivity index is 1.85. The molecule has 1 unspecified atom stereocenters. The number of hydrogen-bond acceptors (Lipinski definition) is 2. The second kappa shape index (κ2) is 6.60. The first-order valence-electron chi connectivity index (χ1n) is 6.77. The minimum Gasteiger partial charge on any atom is -0.453 e. The zero-order valence-electron chi connectivity index (χ0n) is 10.5. The minimum absolute atomic E-state index is 0.311. The molecule has 1 heterocycles. The lowest BCUT2D eigenvalue weighted by Crippen LogP contribution is -2.31. The van der Waals surface area contributed by atoms with Crippen LogP contribution in [0.2, 0.25) is 0 Å². The Morgan fingerprint density at radius 2 is 1.82 bits per heavy atom. The maximum Gasteiger partial charge on any atom is 0.169 e. The average Bonchev–Trinajstić information content (AvgIpc) is 2.68. The summed E-state index contributed by atoms with van der Waals surface area (Å²) in [7, 11) is 0. The molecule has 1 aromatic heterocycles. The zero-order valence-corrected chi connectivity index (χ0v) is 12.1. The van der Waals surface area contributed by atoms with Gasteiger partial charge in [0.15, 0.2) is 4.67 Å². The number of nitrogens with one attached hydrogen (secondary N) is 1. The van der Waals surface area contributed by atoms with E-state index in [9.17, 15) is 0 Å². The highest BCUT2D eigenvalue weighted by Gasteiger charge is 2.16. The van der Waals surface area contributed by atoms with Crippen molar-refractivity contribution in [2.45, 2.75) is 64.0 Å². The van der Waals surface area contributed by atoms with Crippen molar-refractivity contribution >= 4 is 15.9 Å². The van der Waals surface area contributed by atoms with E-state index in [1.165, 1.54) is 44.9 Å². The third-order valence-corrected chi connectivity index (χ3v) is 4.04. The van der Waals surface area contributed by atoms with Crippen LogP contribution >= 0.6 is 15.9 Å². The van der Waals surface area contributed by atoms with Gasteiger partial charge in [-0.1, -0.05) is 32.1 Å². The molecule has 1 aliphatic rings. The molecule has 0 spiro atoms. The maximum absolute atomic E-state index is 5.60. The van der Waals surface area contributed by atoms with Gasteiger partial charge in [0, 0.05) is 6.04 Å². The summed E-state index contributed by atoms with van der Waals surface area (Å²) in [6.07, 6.45) is 9.59. The quantitative estimate of drug-likeness (QED) is 0.867. The Morgan fingerprint density at radius 1 is 1.18 bits per heavy atom. The Labute approximate surface area is 112 Å². The summed E-state index contributed by atoms with van der Waals surface area (Å²) in [4.78, 5) is 0. The second-order valence-electron chi connectivity index (χ2n) is 5.07. The van der Waals surface area contributed by atoms with Crippen molar-refractivity contribution in [3.05, 3.63) is 22.6 Å². The zero-order chi connectivity index (χ0) is 12.1. The van der Waals surface area contributed by atoms with Crippen molar-refractivity contribution in [3.63, 3.8) is 0 Å². The molecular formula is C14H22BrNO. The van der Waals surface area contributed by atoms with E-state index in [-0.39, 0.29) is 0 Å². The van der Waals surface area contributed by atoms with Gasteiger partial charge in [0.05, 0.1) is 6.04 Å². The number of rotatable bonds is 3. The molecule has 0 aromatic carbocycles. The Morgan fingerprint density at radius 3 is 2.41 bits per heavy atom. The molecule has 96 valence electrons. The van der Waals surface area contributed by atoms with Crippen LogP contribution in [0.5, 0.6) is 0 Å². The Bertz CT molecular complexity index is 329. The molecule has 17 heavy (non-hydrogen) atoms. The first-order chi connectivity index (χ1) is 8.25. The topological polar surface area (TPSA) is 25.2 Å². The van der Waals surface area contributed by atoms with Crippen molar-refractivity contribution < 1.29 is 4.42 Å². The van der Waals surface area contributed by atoms with Gasteiger partial charge < -0.3 is 9.73 Å². The first-order valence-corrected chi connectivity index (χ1v) is 7.56. The van der Waals surface area contributed by atoms with Gasteiger partial charge >= 0.3 is 0 Å². The first kappa shape index (κ1) is 13.2. The highest BCUT2D eigenvalue weighted by molar-refractivity contribution is 9.10. The number of furan rings is 1. The molecule has 1 saturated carbocycles. The molecule has 0 amide bonds. The molecule has 0 radical (unpaired) electrons. The van der Waals surface area contributed by atoms with Crippen molar-refractivity contribution in [2.75, 3.05) is 0 Å². The van der Waals surface area contributed by atoms with Crippen molar-refractivity contribution in [1.29, 1.82) is 0 Å². The number of hydrogen-bond donors (Lipinski definition) is 1. The van der Waals surface area contributed by atoms with E-state index in [1.807, 2.05) is 12.1 Å². The third-order valence-electron chi connectivity index (χ3n) is 3.61. The summed E-state index contributed by atoms with van der Waals surface area (Å²) < 4.78 is 6.42. The van der Waals surface area contributed by atoms with Crippen molar-refractivity contribution in [3.8, 4) is 0 Å². The van der Waals surface area contributed by atoms with Gasteiger partial charge in [-0.25, -0.2) is 0 Å². The Hall–Kier alpha value is -0.280. The van der Waals surface area contributed by atoms with E-state index < -0.39 is 0 Å². The molecule has 1 aliphatic carbocycles. The normalized spacial score (nSPS) is 20.8. The van der Waals surface area contributed by atoms with Crippen LogP contribution in [0.1, 0.15) is 63.7 Å². The molecule has 2 nitrogen and oxygen atoms in total. The van der Waals surface area contributed by atoms with E-state index in [0.717, 1.165) is 10.4 Å². The van der Waals surface area contributed by atoms with E-state index >= 15 is 0 Å². The fourth-order valence-corrected chi connectivity index (χ4v) is 2.94. The molecule has 0 saturated heterocycles. The lowest BCUT2D eigenvalue weighted by atomic mass is 9.96. The van der Waals surface area contributed by atoms with Gasteiger partial charge in [-0.2, -0.15) is 0 Å². The van der Waals surface area contributed by atoms with Crippen LogP contribution in [0.3, 0.4) is 0 Å². The van der Waals surface area contributed by atoms with E-state index in [0.29, 0.717) is 12.1 Å². The predicted octanol–water partition coefficient (Wildman–Crippen LogP) is 4.81. The van der Waals surface area contributed by atoms with Crippen molar-refractivity contribution in [1.82, 2.24) is 5.32 Å². The number of halogens is 1. The lowest BCUT2D eigenvalue weighted by molar-refractivity contribution is 0.333. The molecule has 1 atom stereocenters. The molecule has 0 bridgehead atoms. The third kappa shape index (κ3) is 4.14. The van der Waals surface area contributed by atoms with Crippen molar-refractivity contribution in [2.24, 2.45) is 0 Å². The highest BCUT2D eigenvalue weighted by atomic mass is 79.9. The smallest absolute Gasteiger partial charge is 0.169 e. The summed E-state index contributed by atoms with van der Waals surface area (Å²) >= 11 is 3.35. The van der Waals surface area contributed by atoms with Crippen LogP contribution in [0.4, 0.5) is 0 Å². The summed E-state index contributed by atoms with van der Waals surface area (Å²) in [6.45, 7) is 2.18. The van der Waals surface area contributed by atoms with Gasteiger partial charge in [0.2, 0.25) is 0 Å². The van der Waals surface area contributed by atoms with Gasteiger partial charge in [-0.15, -0.1) is 0 Å². The molecule has 1 N–H and O–H groups in total. The van der Waals surface area contributed by atoms with Gasteiger partial charge in [-0.3, -0.25) is 0 Å². The van der Waals surface area contributed by atoms with Crippen LogP contribution in [0, 0.1) is 0 Å². The van der Waals surface area contributed by atoms with Gasteiger partial charge in [0.25, 0.3) is 0 Å². The molecule has 0 aliphatic heterocycles. The maximum atomic E-state index is 5.60. The highest BCUT2D eigenvalue weighted by Crippen LogP contribution is 2.23. The second-order valence-corrected chi connectivity index (χ2v) is 5.85. The largest absolute Gasteiger partial charge is 0.453 e. The fourth-order valence-electron chi connectivity index (χ4n) is 2.62. The molecule has 2 rings (SSSR count). The monoisotopic (exact) mass is 299 g/mol. The molecule has 1 aromatic rings.